The van der Waals surface area contributed by atoms with Crippen molar-refractivity contribution in [3.63, 3.8) is 0 Å². The van der Waals surface area contributed by atoms with Gasteiger partial charge in [0, 0.05) is 19.5 Å². The second-order valence-corrected chi connectivity index (χ2v) is 13.0. The van der Waals surface area contributed by atoms with Crippen LogP contribution in [-0.4, -0.2) is 148 Å². The number of carbonyl (C=O) groups is 2. The van der Waals surface area contributed by atoms with Crippen molar-refractivity contribution < 1.29 is 57.0 Å². The summed E-state index contributed by atoms with van der Waals surface area (Å²) in [5, 5.41) is 0. The first-order chi connectivity index (χ1) is 25.3. The maximum atomic E-state index is 12.6. The van der Waals surface area contributed by atoms with Gasteiger partial charge >= 0.3 is 12.1 Å². The van der Waals surface area contributed by atoms with Crippen molar-refractivity contribution in [3.05, 3.63) is 59.7 Å². The molecule has 0 N–H and O–H groups in total. The second kappa shape index (κ2) is 25.8. The van der Waals surface area contributed by atoms with Crippen LogP contribution in [0.4, 0.5) is 4.79 Å². The zero-order chi connectivity index (χ0) is 37.3. The van der Waals surface area contributed by atoms with Gasteiger partial charge in [-0.3, -0.25) is 4.79 Å². The summed E-state index contributed by atoms with van der Waals surface area (Å²) in [6.45, 7) is 13.4. The van der Waals surface area contributed by atoms with E-state index in [1.165, 1.54) is 27.2 Å². The number of amides is 1. The molecule has 0 atom stereocenters. The van der Waals surface area contributed by atoms with Crippen molar-refractivity contribution in [3.8, 4) is 11.1 Å². The molecule has 52 heavy (non-hydrogen) atoms. The highest BCUT2D eigenvalue weighted by molar-refractivity contribution is 5.79. The molecule has 0 saturated carbocycles. The van der Waals surface area contributed by atoms with E-state index in [1.54, 1.807) is 7.05 Å². The van der Waals surface area contributed by atoms with Gasteiger partial charge < -0.3 is 52.3 Å². The summed E-state index contributed by atoms with van der Waals surface area (Å²) in [6.07, 6.45) is -0.141. The largest absolute Gasteiger partial charge is 0.460 e. The van der Waals surface area contributed by atoms with Crippen LogP contribution in [0.15, 0.2) is 48.5 Å². The third-order valence-electron chi connectivity index (χ3n) is 7.69. The molecule has 1 aliphatic rings. The smallest absolute Gasteiger partial charge is 0.409 e. The van der Waals surface area contributed by atoms with E-state index in [9.17, 15) is 9.59 Å². The Hall–Kier alpha value is -3.14. The molecule has 292 valence electrons. The molecule has 2 aromatic carbocycles. The minimum absolute atomic E-state index is 0.0363. The average Bonchev–Trinajstić information content (AvgIpc) is 3.44. The summed E-state index contributed by atoms with van der Waals surface area (Å²) in [5.74, 6) is -0.232. The summed E-state index contributed by atoms with van der Waals surface area (Å²) in [7, 11) is 1.71. The van der Waals surface area contributed by atoms with Crippen LogP contribution in [0.5, 0.6) is 0 Å². The first-order valence-electron chi connectivity index (χ1n) is 18.2. The molecule has 0 fully saturated rings. The van der Waals surface area contributed by atoms with Gasteiger partial charge in [0.15, 0.2) is 0 Å². The molecule has 1 amide bonds. The molecule has 1 aliphatic carbocycles. The number of benzene rings is 2. The van der Waals surface area contributed by atoms with Crippen LogP contribution in [0, 0.1) is 0 Å². The number of likely N-dealkylation sites (N-methyl/N-ethyl adjacent to an activating group) is 1. The standard InChI is InChI=1S/C39H59NO12/c1-39(2,3)52-37(41)13-15-43-17-19-45-21-23-47-25-27-49-29-30-50-28-26-48-24-22-46-20-18-44-16-14-40(4)38(42)51-31-36-34-11-7-5-9-32(34)33-10-6-8-12-35(33)36/h5-12,36H,13-31H2,1-4H3. The summed E-state index contributed by atoms with van der Waals surface area (Å²) >= 11 is 0. The fourth-order valence-corrected chi connectivity index (χ4v) is 5.19. The summed E-state index contributed by atoms with van der Waals surface area (Å²) in [6, 6.07) is 16.6. The minimum Gasteiger partial charge on any atom is -0.460 e. The van der Waals surface area contributed by atoms with Gasteiger partial charge in [-0.15, -0.1) is 0 Å². The Morgan fingerprint density at radius 1 is 0.558 bits per heavy atom. The van der Waals surface area contributed by atoms with Crippen molar-refractivity contribution in [2.45, 2.75) is 38.7 Å². The lowest BCUT2D eigenvalue weighted by molar-refractivity contribution is -0.156. The first-order valence-corrected chi connectivity index (χ1v) is 18.2. The Kier molecular flexibility index (Phi) is 21.4. The molecule has 0 spiro atoms. The van der Waals surface area contributed by atoms with Crippen LogP contribution in [0.3, 0.4) is 0 Å². The zero-order valence-electron chi connectivity index (χ0n) is 31.5. The van der Waals surface area contributed by atoms with E-state index >= 15 is 0 Å². The van der Waals surface area contributed by atoms with Crippen molar-refractivity contribution >= 4 is 12.1 Å². The molecule has 0 aliphatic heterocycles. The predicted octanol–water partition coefficient (Wildman–Crippen LogP) is 4.73. The predicted molar refractivity (Wildman–Crippen MR) is 195 cm³/mol. The molecule has 3 rings (SSSR count). The first kappa shape index (κ1) is 43.3. The highest BCUT2D eigenvalue weighted by Gasteiger charge is 2.29. The molecule has 0 unspecified atom stereocenters. The van der Waals surface area contributed by atoms with Gasteiger partial charge in [0.1, 0.15) is 12.2 Å². The highest BCUT2D eigenvalue weighted by Crippen LogP contribution is 2.44. The van der Waals surface area contributed by atoms with Crippen LogP contribution in [0.2, 0.25) is 0 Å². The third-order valence-corrected chi connectivity index (χ3v) is 7.69. The molecule has 13 heteroatoms. The molecule has 0 bridgehead atoms. The lowest BCUT2D eigenvalue weighted by Gasteiger charge is -2.19. The number of rotatable bonds is 29. The molecule has 2 aromatic rings. The van der Waals surface area contributed by atoms with Gasteiger partial charge in [-0.1, -0.05) is 48.5 Å². The van der Waals surface area contributed by atoms with E-state index in [4.69, 9.17) is 47.4 Å². The van der Waals surface area contributed by atoms with Gasteiger partial charge in [-0.05, 0) is 43.0 Å². The monoisotopic (exact) mass is 733 g/mol. The number of carbonyl (C=O) groups excluding carboxylic acids is 2. The number of hydrogen-bond donors (Lipinski definition) is 0. The van der Waals surface area contributed by atoms with Crippen LogP contribution in [0.25, 0.3) is 11.1 Å². The lowest BCUT2D eigenvalue weighted by atomic mass is 9.98. The SMILES string of the molecule is CN(CCOCCOCCOCCOCCOCCOCCOCCOCCC(=O)OC(C)(C)C)C(=O)OCC1c2ccccc2-c2ccccc21. The van der Waals surface area contributed by atoms with E-state index in [0.29, 0.717) is 119 Å². The van der Waals surface area contributed by atoms with Crippen LogP contribution >= 0.6 is 0 Å². The van der Waals surface area contributed by atoms with E-state index in [0.717, 1.165) is 0 Å². The summed E-state index contributed by atoms with van der Waals surface area (Å²) in [5.41, 5.74) is 4.31. The Balaban J connectivity index is 1.00. The molecule has 0 saturated heterocycles. The highest BCUT2D eigenvalue weighted by atomic mass is 16.6. The number of hydrogen-bond acceptors (Lipinski definition) is 12. The summed E-state index contributed by atoms with van der Waals surface area (Å²) in [4.78, 5) is 25.7. The van der Waals surface area contributed by atoms with Crippen LogP contribution in [-0.2, 0) is 52.2 Å². The molecule has 0 radical (unpaired) electrons. The second-order valence-electron chi connectivity index (χ2n) is 13.0. The zero-order valence-corrected chi connectivity index (χ0v) is 31.5. The van der Waals surface area contributed by atoms with Crippen LogP contribution < -0.4 is 0 Å². The van der Waals surface area contributed by atoms with Gasteiger partial charge in [-0.2, -0.15) is 0 Å². The molecule has 0 aromatic heterocycles. The number of nitrogens with zero attached hydrogens (tertiary/aromatic N) is 1. The van der Waals surface area contributed by atoms with Gasteiger partial charge in [0.2, 0.25) is 0 Å². The van der Waals surface area contributed by atoms with Gasteiger partial charge in [0.05, 0.1) is 112 Å². The maximum Gasteiger partial charge on any atom is 0.409 e. The molecule has 0 heterocycles. The van der Waals surface area contributed by atoms with Crippen molar-refractivity contribution in [2.24, 2.45) is 0 Å². The minimum atomic E-state index is -0.479. The molecule has 13 nitrogen and oxygen atoms in total. The number of esters is 1. The Morgan fingerprint density at radius 2 is 0.923 bits per heavy atom. The summed E-state index contributed by atoms with van der Waals surface area (Å²) < 4.78 is 54.8. The number of ether oxygens (including phenoxy) is 10. The molecular weight excluding hydrogens is 674 g/mol. The van der Waals surface area contributed by atoms with Crippen molar-refractivity contribution in [1.82, 2.24) is 4.90 Å². The van der Waals surface area contributed by atoms with Gasteiger partial charge in [-0.25, -0.2) is 4.79 Å². The van der Waals surface area contributed by atoms with E-state index in [1.807, 2.05) is 45.0 Å². The third kappa shape index (κ3) is 18.1. The Morgan fingerprint density at radius 3 is 1.33 bits per heavy atom. The fourth-order valence-electron chi connectivity index (χ4n) is 5.19. The van der Waals surface area contributed by atoms with Crippen molar-refractivity contribution in [1.29, 1.82) is 0 Å². The Bertz CT molecular complexity index is 1220. The van der Waals surface area contributed by atoms with Crippen molar-refractivity contribution in [2.75, 3.05) is 126 Å². The normalized spacial score (nSPS) is 12.5. The quantitative estimate of drug-likeness (QED) is 0.0847. The lowest BCUT2D eigenvalue weighted by Crippen LogP contribution is -2.32. The van der Waals surface area contributed by atoms with Crippen LogP contribution in [0.1, 0.15) is 44.2 Å². The van der Waals surface area contributed by atoms with E-state index < -0.39 is 5.60 Å². The topological polar surface area (TPSA) is 130 Å². The van der Waals surface area contributed by atoms with E-state index in [2.05, 4.69) is 24.3 Å². The fraction of sp³-hybridized carbons (Fsp3) is 0.641. The molecular formula is C39H59NO12. The van der Waals surface area contributed by atoms with Gasteiger partial charge in [0.25, 0.3) is 0 Å². The number of fused-ring (bicyclic) bond motifs is 3. The maximum absolute atomic E-state index is 12.6. The van der Waals surface area contributed by atoms with E-state index in [-0.39, 0.29) is 24.4 Å². The Labute approximate surface area is 309 Å². The average molecular weight is 734 g/mol.